The Balaban J connectivity index is 4.42. The van der Waals surface area contributed by atoms with Crippen molar-refractivity contribution in [2.75, 3.05) is 41.3 Å². The molecule has 23 heavy (non-hydrogen) atoms. The van der Waals surface area contributed by atoms with Crippen LogP contribution in [0.4, 0.5) is 0 Å². The van der Waals surface area contributed by atoms with Gasteiger partial charge in [-0.3, -0.25) is 0 Å². The van der Waals surface area contributed by atoms with Gasteiger partial charge in [-0.15, -0.1) is 0 Å². The van der Waals surface area contributed by atoms with Crippen LogP contribution in [-0.4, -0.2) is 76.3 Å². The third kappa shape index (κ3) is 13.5. The van der Waals surface area contributed by atoms with Crippen molar-refractivity contribution in [3.05, 3.63) is 0 Å². The van der Waals surface area contributed by atoms with Crippen molar-refractivity contribution in [3.8, 4) is 0 Å². The van der Waals surface area contributed by atoms with E-state index >= 15 is 0 Å². The van der Waals surface area contributed by atoms with E-state index in [4.69, 9.17) is 8.23 Å². The maximum Gasteiger partial charge on any atom is 0.311 e. The fraction of sp³-hybridized carbons (Fsp3) is 1.00. The van der Waals surface area contributed by atoms with Crippen LogP contribution in [0.3, 0.4) is 0 Å². The van der Waals surface area contributed by atoms with Gasteiger partial charge in [-0.2, -0.15) is 0 Å². The summed E-state index contributed by atoms with van der Waals surface area (Å²) in [5, 5.41) is 0. The molecule has 0 fully saturated rings. The highest BCUT2D eigenvalue weighted by Gasteiger charge is 2.39. The lowest BCUT2D eigenvalue weighted by Gasteiger charge is -2.39. The van der Waals surface area contributed by atoms with Crippen molar-refractivity contribution in [3.63, 3.8) is 0 Å². The van der Waals surface area contributed by atoms with E-state index < -0.39 is 25.2 Å². The van der Waals surface area contributed by atoms with Crippen molar-refractivity contribution in [2.45, 2.75) is 64.2 Å². The van der Waals surface area contributed by atoms with E-state index in [9.17, 15) is 0 Å². The van der Waals surface area contributed by atoms with Crippen molar-refractivity contribution in [2.24, 2.45) is 0 Å². The van der Waals surface area contributed by atoms with Crippen LogP contribution in [0.25, 0.3) is 0 Å². The van der Waals surface area contributed by atoms with E-state index in [0.29, 0.717) is 0 Å². The Bertz CT molecular complexity index is 305. The molecule has 0 spiro atoms. The zero-order chi connectivity index (χ0) is 18.3. The lowest BCUT2D eigenvalue weighted by atomic mass is 10.5. The van der Waals surface area contributed by atoms with E-state index in [-0.39, 0.29) is 0 Å². The van der Waals surface area contributed by atoms with Crippen LogP contribution < -0.4 is 0 Å². The van der Waals surface area contributed by atoms with E-state index in [1.165, 1.54) is 24.9 Å². The number of hydrogen-bond donors (Lipinski definition) is 0. The molecule has 0 saturated carbocycles. The topological polar surface area (TPSA) is 24.9 Å². The van der Waals surface area contributed by atoms with Gasteiger partial charge in [0.25, 0.3) is 0 Å². The summed E-state index contributed by atoms with van der Waals surface area (Å²) >= 11 is 0. The molecule has 0 saturated heterocycles. The quantitative estimate of drug-likeness (QED) is 0.479. The van der Waals surface area contributed by atoms with Gasteiger partial charge in [0.1, 0.15) is 0 Å². The van der Waals surface area contributed by atoms with Gasteiger partial charge in [0.15, 0.2) is 16.6 Å². The Hall–Kier alpha value is 0.491. The third-order valence-electron chi connectivity index (χ3n) is 3.81. The normalized spacial score (nSPS) is 14.1. The van der Waals surface area contributed by atoms with Crippen LogP contribution in [0.2, 0.25) is 51.4 Å². The summed E-state index contributed by atoms with van der Waals surface area (Å²) in [4.78, 5) is 4.51. The second-order valence-electron chi connectivity index (χ2n) is 8.94. The average molecular weight is 379 g/mol. The summed E-state index contributed by atoms with van der Waals surface area (Å²) in [5.41, 5.74) is 0. The van der Waals surface area contributed by atoms with Gasteiger partial charge in [-0.1, -0.05) is 0 Å². The molecule has 0 unspecified atom stereocenters. The summed E-state index contributed by atoms with van der Waals surface area (Å²) in [7, 11) is 3.26. The first-order valence-corrected chi connectivity index (χ1v) is 18.0. The first kappa shape index (κ1) is 23.5. The van der Waals surface area contributed by atoms with Crippen LogP contribution in [0.15, 0.2) is 0 Å². The van der Waals surface area contributed by atoms with Gasteiger partial charge in [0.05, 0.1) is 0 Å². The largest absolute Gasteiger partial charge is 0.437 e. The van der Waals surface area contributed by atoms with E-state index in [0.717, 1.165) is 13.1 Å². The van der Waals surface area contributed by atoms with Gasteiger partial charge in [-0.05, 0) is 105 Å². The molecule has 0 aliphatic rings. The second-order valence-corrected chi connectivity index (χ2v) is 21.4. The molecule has 0 aromatic heterocycles. The fourth-order valence-electron chi connectivity index (χ4n) is 3.10. The Morgan fingerprint density at radius 2 is 0.913 bits per heavy atom. The van der Waals surface area contributed by atoms with E-state index in [1.54, 1.807) is 0 Å². The Morgan fingerprint density at radius 3 is 1.17 bits per heavy atom. The first-order valence-electron chi connectivity index (χ1n) is 8.94. The molecule has 0 rings (SSSR count). The minimum atomic E-state index is -2.03. The molecular weight excluding hydrogens is 336 g/mol. The predicted octanol–water partition coefficient (Wildman–Crippen LogP) is 4.04. The van der Waals surface area contributed by atoms with Gasteiger partial charge in [-0.25, -0.2) is 0 Å². The maximum absolute atomic E-state index is 6.63. The second kappa shape index (κ2) is 9.84. The summed E-state index contributed by atoms with van der Waals surface area (Å²) in [6.45, 7) is 16.2. The number of rotatable bonds is 12. The van der Waals surface area contributed by atoms with Crippen LogP contribution in [0.5, 0.6) is 0 Å². The van der Waals surface area contributed by atoms with Crippen LogP contribution in [0.1, 0.15) is 12.8 Å². The van der Waals surface area contributed by atoms with Gasteiger partial charge >= 0.3 is 8.56 Å². The highest BCUT2D eigenvalue weighted by Crippen LogP contribution is 2.26. The molecule has 0 aliphatic heterocycles. The van der Waals surface area contributed by atoms with Crippen molar-refractivity contribution < 1.29 is 8.23 Å². The summed E-state index contributed by atoms with van der Waals surface area (Å²) in [6, 6.07) is 2.43. The molecule has 0 aliphatic carbocycles. The molecule has 0 amide bonds. The zero-order valence-corrected chi connectivity index (χ0v) is 20.5. The lowest BCUT2D eigenvalue weighted by molar-refractivity contribution is 0.372. The standard InChI is InChI=1S/C16H42N2O2Si3/c1-17(2)13-11-15-21(5,6)19-23(9,10)20-22(7,8)16-12-14-18(3)4/h11-16H2,1-10H3. The van der Waals surface area contributed by atoms with Gasteiger partial charge in [0.2, 0.25) is 0 Å². The lowest BCUT2D eigenvalue weighted by Crippen LogP contribution is -2.52. The highest BCUT2D eigenvalue weighted by atomic mass is 28.5. The first-order chi connectivity index (χ1) is 10.2. The molecule has 140 valence electrons. The number of nitrogens with zero attached hydrogens (tertiary/aromatic N) is 2. The maximum atomic E-state index is 6.63. The molecule has 0 radical (unpaired) electrons. The third-order valence-corrected chi connectivity index (χ3v) is 15.3. The van der Waals surface area contributed by atoms with Crippen molar-refractivity contribution >= 4 is 25.2 Å². The summed E-state index contributed by atoms with van der Waals surface area (Å²) in [5.74, 6) is 0. The molecule has 0 bridgehead atoms. The van der Waals surface area contributed by atoms with Crippen LogP contribution in [-0.2, 0) is 8.23 Å². The smallest absolute Gasteiger partial charge is 0.311 e. The predicted molar refractivity (Wildman–Crippen MR) is 111 cm³/mol. The van der Waals surface area contributed by atoms with Gasteiger partial charge < -0.3 is 18.0 Å². The molecule has 4 nitrogen and oxygen atoms in total. The average Bonchev–Trinajstić information content (AvgIpc) is 2.22. The molecule has 0 aromatic carbocycles. The molecule has 7 heteroatoms. The molecule has 0 aromatic rings. The molecule has 0 atom stereocenters. The SMILES string of the molecule is CN(C)CCC[Si](C)(C)O[Si](C)(C)O[Si](C)(C)CCCN(C)C. The molecular formula is C16H42N2O2Si3. The minimum absolute atomic E-state index is 1.15. The highest BCUT2D eigenvalue weighted by molar-refractivity contribution is 6.87. The fourth-order valence-corrected chi connectivity index (χ4v) is 17.1. The number of hydrogen-bond acceptors (Lipinski definition) is 4. The van der Waals surface area contributed by atoms with E-state index in [1.807, 2.05) is 0 Å². The summed E-state index contributed by atoms with van der Waals surface area (Å²) < 4.78 is 13.3. The monoisotopic (exact) mass is 378 g/mol. The van der Waals surface area contributed by atoms with Gasteiger partial charge in [0, 0.05) is 0 Å². The molecule has 0 heterocycles. The Kier molecular flexibility index (Phi) is 10.0. The zero-order valence-electron chi connectivity index (χ0n) is 17.5. The van der Waals surface area contributed by atoms with Crippen molar-refractivity contribution in [1.82, 2.24) is 9.80 Å². The van der Waals surface area contributed by atoms with Crippen molar-refractivity contribution in [1.29, 1.82) is 0 Å². The Labute approximate surface area is 149 Å². The Morgan fingerprint density at radius 1 is 0.609 bits per heavy atom. The van der Waals surface area contributed by atoms with Crippen LogP contribution >= 0.6 is 0 Å². The molecule has 0 N–H and O–H groups in total. The van der Waals surface area contributed by atoms with E-state index in [2.05, 4.69) is 77.3 Å². The van der Waals surface area contributed by atoms with Crippen LogP contribution in [0, 0.1) is 0 Å². The summed E-state index contributed by atoms with van der Waals surface area (Å²) in [6.07, 6.45) is 2.45. The minimum Gasteiger partial charge on any atom is -0.437 e.